The van der Waals surface area contributed by atoms with Crippen LogP contribution in [0.5, 0.6) is 0 Å². The van der Waals surface area contributed by atoms with Crippen LogP contribution in [0.25, 0.3) is 10.9 Å². The van der Waals surface area contributed by atoms with Crippen molar-refractivity contribution in [2.24, 2.45) is 5.92 Å². The Labute approximate surface area is 238 Å². The lowest BCUT2D eigenvalue weighted by molar-refractivity contribution is -0.132. The van der Waals surface area contributed by atoms with Gasteiger partial charge in [0.2, 0.25) is 11.8 Å². The van der Waals surface area contributed by atoms with Crippen LogP contribution in [-0.4, -0.2) is 46.2 Å². The van der Waals surface area contributed by atoms with Crippen molar-refractivity contribution < 1.29 is 18.8 Å². The Morgan fingerprint density at radius 1 is 1.02 bits per heavy atom. The Balaban J connectivity index is 1.26. The summed E-state index contributed by atoms with van der Waals surface area (Å²) in [6.45, 7) is 4.22. The molecule has 3 heterocycles. The van der Waals surface area contributed by atoms with E-state index in [0.717, 1.165) is 27.7 Å². The number of H-pyrrole nitrogens is 1. The average Bonchev–Trinajstić information content (AvgIpc) is 3.48. The van der Waals surface area contributed by atoms with Crippen LogP contribution in [-0.2, 0) is 22.4 Å². The smallest absolute Gasteiger partial charge is 0.255 e. The number of carbonyl (C=O) groups excluding carboxylic acids is 3. The van der Waals surface area contributed by atoms with E-state index in [1.54, 1.807) is 29.2 Å². The minimum absolute atomic E-state index is 0.134. The standard InChI is InChI=1S/C33H33FN4O3/c1-19(2)17-27(31(39)35-16-15-20-9-3-7-13-25(20)34)37-32(40)28-18-24-21-10-6-8-14-26(21)36-29(24)30-22-11-4-5-12-23(22)33(41)38(28)30/h3-14,19,27-28,30,36H,15-18H2,1-2H3,(H,35,39)(H,37,40)/t27-,28-,30-/m0/s1. The number of benzene rings is 3. The molecule has 3 N–H and O–H groups in total. The van der Waals surface area contributed by atoms with Crippen LogP contribution in [0.2, 0.25) is 0 Å². The Morgan fingerprint density at radius 3 is 2.56 bits per heavy atom. The lowest BCUT2D eigenvalue weighted by Gasteiger charge is -2.37. The molecule has 0 radical (unpaired) electrons. The van der Waals surface area contributed by atoms with Crippen LogP contribution in [0.3, 0.4) is 0 Å². The van der Waals surface area contributed by atoms with E-state index in [4.69, 9.17) is 0 Å². The maximum Gasteiger partial charge on any atom is 0.255 e. The largest absolute Gasteiger partial charge is 0.356 e. The number of nitrogens with one attached hydrogen (secondary N) is 3. The van der Waals surface area contributed by atoms with Gasteiger partial charge in [0.05, 0.1) is 6.04 Å². The fourth-order valence-corrected chi connectivity index (χ4v) is 6.25. The highest BCUT2D eigenvalue weighted by atomic mass is 19.1. The summed E-state index contributed by atoms with van der Waals surface area (Å²) in [6, 6.07) is 19.9. The van der Waals surface area contributed by atoms with Crippen LogP contribution in [0.4, 0.5) is 4.39 Å². The molecule has 2 aliphatic heterocycles. The summed E-state index contributed by atoms with van der Waals surface area (Å²) in [5.74, 6) is -1.05. The normalized spacial score (nSPS) is 18.1. The first-order chi connectivity index (χ1) is 19.8. The van der Waals surface area contributed by atoms with E-state index in [9.17, 15) is 18.8 Å². The van der Waals surface area contributed by atoms with E-state index >= 15 is 0 Å². The first-order valence-electron chi connectivity index (χ1n) is 14.2. The Hall–Kier alpha value is -4.46. The number of aromatic nitrogens is 1. The fourth-order valence-electron chi connectivity index (χ4n) is 6.25. The molecule has 3 aromatic carbocycles. The number of hydrogen-bond acceptors (Lipinski definition) is 3. The predicted octanol–water partition coefficient (Wildman–Crippen LogP) is 4.67. The first-order valence-corrected chi connectivity index (χ1v) is 14.2. The highest BCUT2D eigenvalue weighted by molar-refractivity contribution is 6.04. The summed E-state index contributed by atoms with van der Waals surface area (Å²) in [5.41, 5.74) is 4.88. The van der Waals surface area contributed by atoms with Gasteiger partial charge in [0.25, 0.3) is 5.91 Å². The number of hydrogen-bond donors (Lipinski definition) is 3. The number of amides is 3. The second-order valence-electron chi connectivity index (χ2n) is 11.3. The van der Waals surface area contributed by atoms with Crippen LogP contribution >= 0.6 is 0 Å². The highest BCUT2D eigenvalue weighted by Crippen LogP contribution is 2.46. The predicted molar refractivity (Wildman–Crippen MR) is 155 cm³/mol. The van der Waals surface area contributed by atoms with Crippen molar-refractivity contribution in [1.29, 1.82) is 0 Å². The molecule has 2 aliphatic rings. The summed E-state index contributed by atoms with van der Waals surface area (Å²) >= 11 is 0. The third-order valence-electron chi connectivity index (χ3n) is 8.15. The number of fused-ring (bicyclic) bond motifs is 7. The molecule has 0 spiro atoms. The van der Waals surface area contributed by atoms with E-state index < -0.39 is 18.1 Å². The second kappa shape index (κ2) is 10.8. The van der Waals surface area contributed by atoms with Crippen LogP contribution < -0.4 is 10.6 Å². The molecule has 0 unspecified atom stereocenters. The van der Waals surface area contributed by atoms with Crippen LogP contribution in [0.15, 0.2) is 72.8 Å². The van der Waals surface area contributed by atoms with E-state index in [1.807, 2.05) is 56.3 Å². The molecule has 6 rings (SSSR count). The lowest BCUT2D eigenvalue weighted by atomic mass is 9.89. The van der Waals surface area contributed by atoms with E-state index in [2.05, 4.69) is 15.6 Å². The number of rotatable bonds is 8. The maximum absolute atomic E-state index is 14.0. The van der Waals surface area contributed by atoms with E-state index in [0.29, 0.717) is 30.4 Å². The molecule has 0 saturated carbocycles. The summed E-state index contributed by atoms with van der Waals surface area (Å²) in [6.07, 6.45) is 1.11. The molecule has 0 aliphatic carbocycles. The highest BCUT2D eigenvalue weighted by Gasteiger charge is 2.49. The van der Waals surface area contributed by atoms with Gasteiger partial charge in [-0.2, -0.15) is 0 Å². The van der Waals surface area contributed by atoms with Gasteiger partial charge in [-0.15, -0.1) is 0 Å². The molecule has 3 amide bonds. The Morgan fingerprint density at radius 2 is 1.76 bits per heavy atom. The van der Waals surface area contributed by atoms with Crippen molar-refractivity contribution in [3.63, 3.8) is 0 Å². The van der Waals surface area contributed by atoms with Crippen molar-refractivity contribution in [2.45, 2.75) is 51.2 Å². The molecule has 1 aromatic heterocycles. The zero-order chi connectivity index (χ0) is 28.7. The van der Waals surface area contributed by atoms with Crippen molar-refractivity contribution in [3.05, 3.63) is 107 Å². The zero-order valence-electron chi connectivity index (χ0n) is 23.1. The first kappa shape index (κ1) is 26.7. The van der Waals surface area contributed by atoms with Gasteiger partial charge in [0.1, 0.15) is 17.9 Å². The topological polar surface area (TPSA) is 94.3 Å². The van der Waals surface area contributed by atoms with Crippen molar-refractivity contribution in [2.75, 3.05) is 6.54 Å². The monoisotopic (exact) mass is 552 g/mol. The van der Waals surface area contributed by atoms with Gasteiger partial charge in [0.15, 0.2) is 0 Å². The third kappa shape index (κ3) is 4.88. The second-order valence-corrected chi connectivity index (χ2v) is 11.3. The van der Waals surface area contributed by atoms with Gasteiger partial charge in [-0.05, 0) is 53.6 Å². The molecule has 4 aromatic rings. The summed E-state index contributed by atoms with van der Waals surface area (Å²) in [5, 5.41) is 6.88. The molecular formula is C33H33FN4O3. The molecule has 0 bridgehead atoms. The minimum atomic E-state index is -0.786. The van der Waals surface area contributed by atoms with Gasteiger partial charge >= 0.3 is 0 Å². The molecule has 0 saturated heterocycles. The molecule has 0 fully saturated rings. The van der Waals surface area contributed by atoms with Gasteiger partial charge in [-0.25, -0.2) is 4.39 Å². The zero-order valence-corrected chi connectivity index (χ0v) is 23.1. The number of nitrogens with zero attached hydrogens (tertiary/aromatic N) is 1. The lowest BCUT2D eigenvalue weighted by Crippen LogP contribution is -2.56. The van der Waals surface area contributed by atoms with Crippen molar-refractivity contribution in [1.82, 2.24) is 20.5 Å². The number of para-hydroxylation sites is 1. The molecule has 3 atom stereocenters. The number of aromatic amines is 1. The maximum atomic E-state index is 14.0. The molecule has 210 valence electrons. The van der Waals surface area contributed by atoms with Gasteiger partial charge in [-0.1, -0.05) is 68.4 Å². The molecule has 8 heteroatoms. The molecular weight excluding hydrogens is 519 g/mol. The van der Waals surface area contributed by atoms with Crippen molar-refractivity contribution in [3.8, 4) is 0 Å². The van der Waals surface area contributed by atoms with Gasteiger partial charge in [0, 0.05) is 35.1 Å². The fraction of sp³-hybridized carbons (Fsp3) is 0.303. The van der Waals surface area contributed by atoms with Crippen molar-refractivity contribution >= 4 is 28.6 Å². The Kier molecular flexibility index (Phi) is 7.07. The number of halogens is 1. The van der Waals surface area contributed by atoms with Gasteiger partial charge < -0.3 is 20.5 Å². The quantitative estimate of drug-likeness (QED) is 0.297. The third-order valence-corrected chi connectivity index (χ3v) is 8.15. The number of carbonyl (C=O) groups is 3. The molecule has 41 heavy (non-hydrogen) atoms. The minimum Gasteiger partial charge on any atom is -0.356 e. The Bertz CT molecular complexity index is 1640. The van der Waals surface area contributed by atoms with E-state index in [-0.39, 0.29) is 36.0 Å². The van der Waals surface area contributed by atoms with Crippen LogP contribution in [0.1, 0.15) is 59.1 Å². The SMILES string of the molecule is CC(C)C[C@H](NC(=O)[C@@H]1Cc2c([nH]c3ccccc23)[C@@H]2c3ccccc3C(=O)N21)C(=O)NCCc1ccccc1F. The summed E-state index contributed by atoms with van der Waals surface area (Å²) < 4.78 is 14.0. The summed E-state index contributed by atoms with van der Waals surface area (Å²) in [7, 11) is 0. The van der Waals surface area contributed by atoms with E-state index in [1.165, 1.54) is 6.07 Å². The average molecular weight is 553 g/mol. The summed E-state index contributed by atoms with van der Waals surface area (Å²) in [4.78, 5) is 46.1. The van der Waals surface area contributed by atoms with Gasteiger partial charge in [-0.3, -0.25) is 14.4 Å². The van der Waals surface area contributed by atoms with Crippen LogP contribution in [0, 0.1) is 11.7 Å². The molecule has 7 nitrogen and oxygen atoms in total.